The lowest BCUT2D eigenvalue weighted by Crippen LogP contribution is -2.62. The molecule has 2 heterocycles. The molecule has 150 valence electrons. The molecule has 1 aromatic carbocycles. The van der Waals surface area contributed by atoms with Crippen LogP contribution in [0.15, 0.2) is 24.3 Å². The summed E-state index contributed by atoms with van der Waals surface area (Å²) in [4.78, 5) is 40.8. The first-order valence-electron chi connectivity index (χ1n) is 10.4. The van der Waals surface area contributed by atoms with Gasteiger partial charge in [0.05, 0.1) is 11.5 Å². The smallest absolute Gasteiger partial charge is 0.252 e. The van der Waals surface area contributed by atoms with E-state index in [9.17, 15) is 14.4 Å². The summed E-state index contributed by atoms with van der Waals surface area (Å²) < 4.78 is 0. The normalized spacial score (nSPS) is 27.2. The Morgan fingerprint density at radius 3 is 2.64 bits per heavy atom. The number of hydrogen-bond acceptors (Lipinski definition) is 3. The van der Waals surface area contributed by atoms with E-state index in [4.69, 9.17) is 0 Å². The molecule has 6 nitrogen and oxygen atoms in total. The van der Waals surface area contributed by atoms with Gasteiger partial charge in [-0.05, 0) is 44.7 Å². The molecule has 2 N–H and O–H groups in total. The summed E-state index contributed by atoms with van der Waals surface area (Å²) >= 11 is 0. The highest BCUT2D eigenvalue weighted by Gasteiger charge is 2.54. The number of carbonyl (C=O) groups excluding carboxylic acids is 3. The lowest BCUT2D eigenvalue weighted by molar-refractivity contribution is -0.134. The summed E-state index contributed by atoms with van der Waals surface area (Å²) in [5, 5.41) is 6.13. The van der Waals surface area contributed by atoms with Crippen molar-refractivity contribution in [1.29, 1.82) is 0 Å². The van der Waals surface area contributed by atoms with Crippen molar-refractivity contribution in [2.45, 2.75) is 57.5 Å². The third-order valence-electron chi connectivity index (χ3n) is 6.44. The minimum atomic E-state index is -0.737. The molecule has 3 amide bonds. The zero-order valence-corrected chi connectivity index (χ0v) is 16.7. The topological polar surface area (TPSA) is 78.5 Å². The van der Waals surface area contributed by atoms with Crippen LogP contribution in [0.5, 0.6) is 0 Å². The van der Waals surface area contributed by atoms with Gasteiger partial charge in [-0.3, -0.25) is 14.4 Å². The van der Waals surface area contributed by atoms with Gasteiger partial charge >= 0.3 is 0 Å². The van der Waals surface area contributed by atoms with Gasteiger partial charge in [0.15, 0.2) is 0 Å². The number of nitrogens with zero attached hydrogens (tertiary/aromatic N) is 1. The van der Waals surface area contributed by atoms with Crippen molar-refractivity contribution in [3.63, 3.8) is 0 Å². The maximum atomic E-state index is 13.1. The van der Waals surface area contributed by atoms with Crippen LogP contribution in [0.3, 0.4) is 0 Å². The average Bonchev–Trinajstić information content (AvgIpc) is 3.29. The van der Waals surface area contributed by atoms with Crippen LogP contribution in [-0.2, 0) is 16.0 Å². The molecule has 28 heavy (non-hydrogen) atoms. The molecule has 2 aliphatic heterocycles. The van der Waals surface area contributed by atoms with Crippen LogP contribution in [0.2, 0.25) is 0 Å². The van der Waals surface area contributed by atoms with Crippen molar-refractivity contribution in [3.05, 3.63) is 35.4 Å². The lowest BCUT2D eigenvalue weighted by atomic mass is 9.77. The number of nitrogens with one attached hydrogen (secondary N) is 2. The highest BCUT2D eigenvalue weighted by molar-refractivity contribution is 5.98. The molecule has 6 heteroatoms. The standard InChI is InChI=1S/C22H29N3O3/c1-14(2)23-20(27)18-12-25(21(28)15-7-3-4-8-15)13-22(18)11-16-9-5-6-10-17(16)19(26)24-22/h5-6,9-10,14-15,18H,3-4,7-8,11-13H2,1-2H3,(H,23,27)(H,24,26)/t18-,22+/m0/s1. The van der Waals surface area contributed by atoms with Crippen LogP contribution in [-0.4, -0.2) is 47.3 Å². The number of benzene rings is 1. The molecular weight excluding hydrogens is 354 g/mol. The van der Waals surface area contributed by atoms with Gasteiger partial charge in [-0.25, -0.2) is 0 Å². The number of likely N-dealkylation sites (tertiary alicyclic amines) is 1. The van der Waals surface area contributed by atoms with Crippen molar-refractivity contribution in [2.75, 3.05) is 13.1 Å². The van der Waals surface area contributed by atoms with Crippen molar-refractivity contribution < 1.29 is 14.4 Å². The van der Waals surface area contributed by atoms with E-state index in [1.165, 1.54) is 0 Å². The van der Waals surface area contributed by atoms with E-state index in [2.05, 4.69) is 10.6 Å². The second-order valence-corrected chi connectivity index (χ2v) is 8.86. The molecule has 0 bridgehead atoms. The number of rotatable bonds is 3. The van der Waals surface area contributed by atoms with Gasteiger partial charge in [0.2, 0.25) is 11.8 Å². The Morgan fingerprint density at radius 1 is 1.21 bits per heavy atom. The molecule has 0 unspecified atom stereocenters. The predicted octanol–water partition coefficient (Wildman–Crippen LogP) is 1.88. The Kier molecular flexibility index (Phi) is 4.89. The van der Waals surface area contributed by atoms with Crippen LogP contribution in [0.1, 0.15) is 55.5 Å². The van der Waals surface area contributed by atoms with Gasteiger partial charge < -0.3 is 15.5 Å². The Bertz CT molecular complexity index is 800. The molecule has 3 aliphatic rings. The molecule has 2 atom stereocenters. The second kappa shape index (κ2) is 7.22. The van der Waals surface area contributed by atoms with Crippen molar-refractivity contribution in [3.8, 4) is 0 Å². The first-order valence-corrected chi connectivity index (χ1v) is 10.4. The Hall–Kier alpha value is -2.37. The lowest BCUT2D eigenvalue weighted by Gasteiger charge is -2.39. The second-order valence-electron chi connectivity index (χ2n) is 8.86. The van der Waals surface area contributed by atoms with Gasteiger partial charge in [-0.15, -0.1) is 0 Å². The number of amides is 3. The summed E-state index contributed by atoms with van der Waals surface area (Å²) in [5.41, 5.74) is 0.874. The zero-order valence-electron chi connectivity index (χ0n) is 16.7. The summed E-state index contributed by atoms with van der Waals surface area (Å²) in [5.74, 6) is -0.478. The van der Waals surface area contributed by atoms with E-state index in [0.29, 0.717) is 25.1 Å². The predicted molar refractivity (Wildman–Crippen MR) is 106 cm³/mol. The molecule has 1 spiro atoms. The van der Waals surface area contributed by atoms with Crippen LogP contribution in [0, 0.1) is 11.8 Å². The molecule has 4 rings (SSSR count). The Labute approximate surface area is 166 Å². The third-order valence-corrected chi connectivity index (χ3v) is 6.44. The van der Waals surface area contributed by atoms with Crippen molar-refractivity contribution >= 4 is 17.7 Å². The van der Waals surface area contributed by atoms with Crippen LogP contribution < -0.4 is 10.6 Å². The van der Waals surface area contributed by atoms with E-state index in [-0.39, 0.29) is 29.7 Å². The van der Waals surface area contributed by atoms with Crippen LogP contribution in [0.25, 0.3) is 0 Å². The van der Waals surface area contributed by atoms with E-state index < -0.39 is 11.5 Å². The highest BCUT2D eigenvalue weighted by atomic mass is 16.2. The first kappa shape index (κ1) is 19.0. The minimum Gasteiger partial charge on any atom is -0.354 e. The SMILES string of the molecule is CC(C)NC(=O)[C@@H]1CN(C(=O)C2CCCC2)C[C@]12Cc1ccccc1C(=O)N2. The van der Waals surface area contributed by atoms with Crippen molar-refractivity contribution in [1.82, 2.24) is 15.5 Å². The summed E-state index contributed by atoms with van der Waals surface area (Å²) in [7, 11) is 0. The van der Waals surface area contributed by atoms with Gasteiger partial charge in [0, 0.05) is 30.6 Å². The van der Waals surface area contributed by atoms with Gasteiger partial charge in [0.1, 0.15) is 0 Å². The monoisotopic (exact) mass is 383 g/mol. The maximum Gasteiger partial charge on any atom is 0.252 e. The molecule has 1 saturated carbocycles. The average molecular weight is 383 g/mol. The molecule has 0 radical (unpaired) electrons. The number of fused-ring (bicyclic) bond motifs is 1. The largest absolute Gasteiger partial charge is 0.354 e. The van der Waals surface area contributed by atoms with Crippen molar-refractivity contribution in [2.24, 2.45) is 11.8 Å². The van der Waals surface area contributed by atoms with E-state index in [1.807, 2.05) is 43.0 Å². The fourth-order valence-electron chi connectivity index (χ4n) is 5.11. The van der Waals surface area contributed by atoms with Crippen LogP contribution in [0.4, 0.5) is 0 Å². The number of carbonyl (C=O) groups is 3. The van der Waals surface area contributed by atoms with Gasteiger partial charge in [-0.2, -0.15) is 0 Å². The summed E-state index contributed by atoms with van der Waals surface area (Å²) in [6.07, 6.45) is 4.62. The Balaban J connectivity index is 1.65. The highest BCUT2D eigenvalue weighted by Crippen LogP contribution is 2.37. The summed E-state index contributed by atoms with van der Waals surface area (Å²) in [6.45, 7) is 4.63. The molecule has 2 fully saturated rings. The molecule has 1 saturated heterocycles. The third kappa shape index (κ3) is 3.29. The summed E-state index contributed by atoms with van der Waals surface area (Å²) in [6, 6.07) is 7.55. The van der Waals surface area contributed by atoms with E-state index in [0.717, 1.165) is 31.2 Å². The van der Waals surface area contributed by atoms with E-state index >= 15 is 0 Å². The van der Waals surface area contributed by atoms with Gasteiger partial charge in [0.25, 0.3) is 5.91 Å². The quantitative estimate of drug-likeness (QED) is 0.837. The molecule has 1 aliphatic carbocycles. The number of hydrogen-bond donors (Lipinski definition) is 2. The Morgan fingerprint density at radius 2 is 1.93 bits per heavy atom. The molecular formula is C22H29N3O3. The first-order chi connectivity index (χ1) is 13.4. The zero-order chi connectivity index (χ0) is 19.9. The molecule has 1 aromatic rings. The fourth-order valence-corrected chi connectivity index (χ4v) is 5.11. The maximum absolute atomic E-state index is 13.1. The minimum absolute atomic E-state index is 0.00992. The fraction of sp³-hybridized carbons (Fsp3) is 0.591. The van der Waals surface area contributed by atoms with E-state index in [1.54, 1.807) is 0 Å². The van der Waals surface area contributed by atoms with Crippen LogP contribution >= 0.6 is 0 Å². The van der Waals surface area contributed by atoms with Gasteiger partial charge in [-0.1, -0.05) is 31.0 Å². The molecule has 0 aromatic heterocycles.